The zero-order valence-corrected chi connectivity index (χ0v) is 20.9. The molecule has 0 saturated heterocycles. The zero-order valence-electron chi connectivity index (χ0n) is 20.9. The Balaban J connectivity index is 1.64. The van der Waals surface area contributed by atoms with Gasteiger partial charge in [-0.1, -0.05) is 32.4 Å². The number of nitrogens with one attached hydrogen (secondary N) is 1. The van der Waals surface area contributed by atoms with Gasteiger partial charge in [-0.05, 0) is 56.2 Å². The number of ether oxygens (including phenoxy) is 1. The highest BCUT2D eigenvalue weighted by molar-refractivity contribution is 6.22. The lowest BCUT2D eigenvalue weighted by molar-refractivity contribution is -0.152. The highest BCUT2D eigenvalue weighted by Crippen LogP contribution is 2.28. The zero-order chi connectivity index (χ0) is 26.4. The Morgan fingerprint density at radius 1 is 0.917 bits per heavy atom. The molecular formula is C27H31N3O6. The molecule has 2 unspecified atom stereocenters. The molecule has 0 radical (unpaired) electrons. The van der Waals surface area contributed by atoms with Crippen LogP contribution >= 0.6 is 0 Å². The summed E-state index contributed by atoms with van der Waals surface area (Å²) in [6.45, 7) is 7.99. The maximum atomic E-state index is 13.0. The number of amides is 4. The van der Waals surface area contributed by atoms with Gasteiger partial charge in [0.05, 0.1) is 11.1 Å². The number of imide groups is 1. The number of esters is 1. The van der Waals surface area contributed by atoms with E-state index in [-0.39, 0.29) is 23.0 Å². The van der Waals surface area contributed by atoms with Crippen LogP contribution in [0.2, 0.25) is 0 Å². The predicted octanol–water partition coefficient (Wildman–Crippen LogP) is 3.36. The Labute approximate surface area is 210 Å². The normalized spacial score (nSPS) is 14.2. The van der Waals surface area contributed by atoms with E-state index in [4.69, 9.17) is 4.74 Å². The van der Waals surface area contributed by atoms with Gasteiger partial charge in [0.2, 0.25) is 0 Å². The number of carbonyl (C=O) groups excluding carboxylic acids is 5. The van der Waals surface area contributed by atoms with Crippen LogP contribution in [0, 0.1) is 5.92 Å². The summed E-state index contributed by atoms with van der Waals surface area (Å²) >= 11 is 0. The van der Waals surface area contributed by atoms with Crippen LogP contribution in [0.25, 0.3) is 0 Å². The first-order chi connectivity index (χ1) is 17.2. The molecule has 0 bridgehead atoms. The van der Waals surface area contributed by atoms with Crippen molar-refractivity contribution in [2.24, 2.45) is 5.92 Å². The maximum Gasteiger partial charge on any atom is 0.330 e. The van der Waals surface area contributed by atoms with Crippen molar-refractivity contribution < 1.29 is 28.7 Å². The first-order valence-corrected chi connectivity index (χ1v) is 12.1. The number of rotatable bonds is 10. The SMILES string of the molecule is CCC(C)C(C(=O)OCC(=O)Nc1ccc(C(=O)N(CC)CC)cc1)N1C(=O)c2ccccc2C1=O. The van der Waals surface area contributed by atoms with Gasteiger partial charge in [0.25, 0.3) is 23.6 Å². The van der Waals surface area contributed by atoms with Gasteiger partial charge in [0.15, 0.2) is 6.61 Å². The number of fused-ring (bicyclic) bond motifs is 1. The average molecular weight is 494 g/mol. The third-order valence-electron chi connectivity index (χ3n) is 6.34. The van der Waals surface area contributed by atoms with Crippen molar-refractivity contribution in [3.63, 3.8) is 0 Å². The molecule has 4 amide bonds. The molecule has 1 N–H and O–H groups in total. The van der Waals surface area contributed by atoms with Crippen molar-refractivity contribution in [1.29, 1.82) is 0 Å². The maximum absolute atomic E-state index is 13.0. The topological polar surface area (TPSA) is 113 Å². The van der Waals surface area contributed by atoms with Crippen molar-refractivity contribution in [2.75, 3.05) is 25.0 Å². The molecule has 9 heteroatoms. The fraction of sp³-hybridized carbons (Fsp3) is 0.370. The van der Waals surface area contributed by atoms with Crippen LogP contribution in [-0.2, 0) is 14.3 Å². The second-order valence-corrected chi connectivity index (χ2v) is 8.57. The molecule has 0 saturated carbocycles. The van der Waals surface area contributed by atoms with Crippen molar-refractivity contribution in [3.05, 3.63) is 65.2 Å². The van der Waals surface area contributed by atoms with E-state index in [1.807, 2.05) is 20.8 Å². The lowest BCUT2D eigenvalue weighted by Gasteiger charge is -2.28. The Morgan fingerprint density at radius 2 is 1.47 bits per heavy atom. The van der Waals surface area contributed by atoms with Crippen LogP contribution in [0.5, 0.6) is 0 Å². The van der Waals surface area contributed by atoms with Crippen LogP contribution in [0.4, 0.5) is 5.69 Å². The molecular weight excluding hydrogens is 462 g/mol. The summed E-state index contributed by atoms with van der Waals surface area (Å²) in [6.07, 6.45) is 0.512. The number of carbonyl (C=O) groups is 5. The summed E-state index contributed by atoms with van der Waals surface area (Å²) in [5.74, 6) is -3.00. The smallest absolute Gasteiger partial charge is 0.330 e. The highest BCUT2D eigenvalue weighted by atomic mass is 16.5. The molecule has 9 nitrogen and oxygen atoms in total. The Bertz CT molecular complexity index is 1120. The van der Waals surface area contributed by atoms with E-state index in [0.29, 0.717) is 30.8 Å². The van der Waals surface area contributed by atoms with E-state index in [1.165, 1.54) is 0 Å². The second-order valence-electron chi connectivity index (χ2n) is 8.57. The molecule has 2 aromatic carbocycles. The fourth-order valence-corrected chi connectivity index (χ4v) is 4.08. The second kappa shape index (κ2) is 11.6. The summed E-state index contributed by atoms with van der Waals surface area (Å²) in [7, 11) is 0. The van der Waals surface area contributed by atoms with Crippen LogP contribution < -0.4 is 5.32 Å². The average Bonchev–Trinajstić information content (AvgIpc) is 3.14. The van der Waals surface area contributed by atoms with Crippen molar-refractivity contribution in [1.82, 2.24) is 9.80 Å². The van der Waals surface area contributed by atoms with E-state index < -0.39 is 36.3 Å². The van der Waals surface area contributed by atoms with Crippen LogP contribution in [0.15, 0.2) is 48.5 Å². The van der Waals surface area contributed by atoms with Crippen LogP contribution in [0.3, 0.4) is 0 Å². The highest BCUT2D eigenvalue weighted by Gasteiger charge is 2.45. The van der Waals surface area contributed by atoms with E-state index in [1.54, 1.807) is 60.4 Å². The molecule has 0 fully saturated rings. The lowest BCUT2D eigenvalue weighted by atomic mass is 9.97. The molecule has 0 spiro atoms. The number of nitrogens with zero attached hydrogens (tertiary/aromatic N) is 2. The summed E-state index contributed by atoms with van der Waals surface area (Å²) in [5, 5.41) is 2.62. The number of benzene rings is 2. The van der Waals surface area contributed by atoms with Gasteiger partial charge < -0.3 is 15.0 Å². The van der Waals surface area contributed by atoms with Crippen molar-refractivity contribution >= 4 is 35.3 Å². The summed E-state index contributed by atoms with van der Waals surface area (Å²) in [5.41, 5.74) is 1.42. The number of hydrogen-bond acceptors (Lipinski definition) is 6. The van der Waals surface area contributed by atoms with Gasteiger partial charge in [0.1, 0.15) is 6.04 Å². The van der Waals surface area contributed by atoms with E-state index >= 15 is 0 Å². The minimum atomic E-state index is -1.15. The van der Waals surface area contributed by atoms with Gasteiger partial charge in [-0.2, -0.15) is 0 Å². The molecule has 190 valence electrons. The van der Waals surface area contributed by atoms with Gasteiger partial charge in [-0.25, -0.2) is 4.79 Å². The van der Waals surface area contributed by atoms with Gasteiger partial charge >= 0.3 is 5.97 Å². The minimum Gasteiger partial charge on any atom is -0.454 e. The van der Waals surface area contributed by atoms with Crippen molar-refractivity contribution in [3.8, 4) is 0 Å². The molecule has 2 aromatic rings. The molecule has 1 heterocycles. The standard InChI is InChI=1S/C27H31N3O6/c1-5-17(4)23(30-25(33)20-10-8-9-11-21(20)26(30)34)27(35)36-16-22(31)28-19-14-12-18(13-15-19)24(32)29(6-2)7-3/h8-15,17,23H,5-7,16H2,1-4H3,(H,28,31). The molecule has 0 aliphatic carbocycles. The van der Waals surface area contributed by atoms with E-state index in [0.717, 1.165) is 4.90 Å². The Hall–Kier alpha value is -4.01. The first-order valence-electron chi connectivity index (χ1n) is 12.1. The number of anilines is 1. The molecule has 1 aliphatic heterocycles. The van der Waals surface area contributed by atoms with Crippen LogP contribution in [-0.4, -0.2) is 65.1 Å². The number of hydrogen-bond donors (Lipinski definition) is 1. The fourth-order valence-electron chi connectivity index (χ4n) is 4.08. The van der Waals surface area contributed by atoms with Crippen LogP contribution in [0.1, 0.15) is 65.2 Å². The molecule has 2 atom stereocenters. The third kappa shape index (κ3) is 5.45. The first kappa shape index (κ1) is 26.6. The van der Waals surface area contributed by atoms with Gasteiger partial charge in [-0.15, -0.1) is 0 Å². The van der Waals surface area contributed by atoms with Gasteiger partial charge in [0, 0.05) is 24.3 Å². The largest absolute Gasteiger partial charge is 0.454 e. The molecule has 36 heavy (non-hydrogen) atoms. The minimum absolute atomic E-state index is 0.101. The van der Waals surface area contributed by atoms with Gasteiger partial charge in [-0.3, -0.25) is 24.1 Å². The molecule has 0 aromatic heterocycles. The van der Waals surface area contributed by atoms with E-state index in [9.17, 15) is 24.0 Å². The Morgan fingerprint density at radius 3 is 1.97 bits per heavy atom. The molecule has 3 rings (SSSR count). The summed E-state index contributed by atoms with van der Waals surface area (Å²) in [4.78, 5) is 66.2. The Kier molecular flexibility index (Phi) is 8.58. The van der Waals surface area contributed by atoms with Crippen molar-refractivity contribution in [2.45, 2.75) is 40.2 Å². The van der Waals surface area contributed by atoms with E-state index in [2.05, 4.69) is 5.32 Å². The predicted molar refractivity (Wildman–Crippen MR) is 133 cm³/mol. The molecule has 1 aliphatic rings. The quantitative estimate of drug-likeness (QED) is 0.401. The third-order valence-corrected chi connectivity index (χ3v) is 6.34. The monoisotopic (exact) mass is 493 g/mol. The summed E-state index contributed by atoms with van der Waals surface area (Å²) in [6, 6.07) is 11.7. The lowest BCUT2D eigenvalue weighted by Crippen LogP contribution is -2.49. The summed E-state index contributed by atoms with van der Waals surface area (Å²) < 4.78 is 5.23.